The fraction of sp³-hybridized carbons (Fsp3) is 0.400. The molecule has 1 aromatic heterocycles. The summed E-state index contributed by atoms with van der Waals surface area (Å²) in [6.45, 7) is 6.35. The van der Waals surface area contributed by atoms with Gasteiger partial charge in [0.1, 0.15) is 0 Å². The first kappa shape index (κ1) is 15.1. The van der Waals surface area contributed by atoms with Crippen LogP contribution in [-0.2, 0) is 24.4 Å². The monoisotopic (exact) mass is 337 g/mol. The molecule has 4 nitrogen and oxygen atoms in total. The van der Waals surface area contributed by atoms with Crippen molar-refractivity contribution in [2.45, 2.75) is 33.5 Å². The summed E-state index contributed by atoms with van der Waals surface area (Å²) in [5.41, 5.74) is 4.45. The lowest BCUT2D eigenvalue weighted by molar-refractivity contribution is 0.185. The molecular weight excluding hydrogens is 318 g/mol. The highest BCUT2D eigenvalue weighted by molar-refractivity contribution is 9.10. The predicted molar refractivity (Wildman–Crippen MR) is 84.8 cm³/mol. The zero-order valence-electron chi connectivity index (χ0n) is 12.1. The summed E-state index contributed by atoms with van der Waals surface area (Å²) in [6.07, 6.45) is 0. The first-order valence-electron chi connectivity index (χ1n) is 6.69. The zero-order chi connectivity index (χ0) is 14.5. The van der Waals surface area contributed by atoms with Gasteiger partial charge in [0.05, 0.1) is 29.0 Å². The van der Waals surface area contributed by atoms with Crippen LogP contribution in [0.5, 0.6) is 0 Å². The van der Waals surface area contributed by atoms with Crippen molar-refractivity contribution >= 4 is 21.6 Å². The van der Waals surface area contributed by atoms with Gasteiger partial charge in [-0.2, -0.15) is 5.10 Å². The van der Waals surface area contributed by atoms with E-state index in [1.54, 1.807) is 7.11 Å². The third kappa shape index (κ3) is 3.41. The number of halogens is 1. The lowest BCUT2D eigenvalue weighted by Crippen LogP contribution is -2.08. The molecule has 1 aromatic carbocycles. The number of methoxy groups -OCH3 is 1. The van der Waals surface area contributed by atoms with Crippen molar-refractivity contribution in [1.29, 1.82) is 0 Å². The van der Waals surface area contributed by atoms with Crippen LogP contribution in [0.3, 0.4) is 0 Å². The van der Waals surface area contributed by atoms with Crippen molar-refractivity contribution in [2.24, 2.45) is 0 Å². The lowest BCUT2D eigenvalue weighted by Gasteiger charge is -2.10. The molecule has 0 unspecified atom stereocenters. The van der Waals surface area contributed by atoms with Crippen LogP contribution in [0.25, 0.3) is 0 Å². The molecule has 0 aliphatic carbocycles. The minimum absolute atomic E-state index is 0.630. The van der Waals surface area contributed by atoms with Crippen molar-refractivity contribution in [3.05, 3.63) is 45.7 Å². The largest absolute Gasteiger partial charge is 0.380 e. The quantitative estimate of drug-likeness (QED) is 0.872. The van der Waals surface area contributed by atoms with E-state index >= 15 is 0 Å². The maximum atomic E-state index is 5.16. The minimum atomic E-state index is 0.630. The smallest absolute Gasteiger partial charge is 0.0739 e. The third-order valence-corrected chi connectivity index (χ3v) is 4.18. The van der Waals surface area contributed by atoms with Crippen LogP contribution in [0.15, 0.2) is 28.7 Å². The Morgan fingerprint density at radius 1 is 1.40 bits per heavy atom. The molecule has 2 rings (SSSR count). The second-order valence-corrected chi connectivity index (χ2v) is 5.44. The first-order chi connectivity index (χ1) is 9.65. The van der Waals surface area contributed by atoms with Gasteiger partial charge in [-0.15, -0.1) is 0 Å². The fourth-order valence-electron chi connectivity index (χ4n) is 2.16. The van der Waals surface area contributed by atoms with Crippen molar-refractivity contribution in [2.75, 3.05) is 12.4 Å². The summed E-state index contributed by atoms with van der Waals surface area (Å²) in [4.78, 5) is 0. The molecular formula is C15H20BrN3O. The summed E-state index contributed by atoms with van der Waals surface area (Å²) < 4.78 is 8.26. The number of aryl methyl sites for hydroxylation is 2. The Balaban J connectivity index is 2.10. The SMILES string of the molecule is CCn1nc(C)c(Br)c1CNc1cccc(COC)c1. The summed E-state index contributed by atoms with van der Waals surface area (Å²) in [5.74, 6) is 0. The Morgan fingerprint density at radius 2 is 2.20 bits per heavy atom. The van der Waals surface area contributed by atoms with Gasteiger partial charge in [0.15, 0.2) is 0 Å². The Labute approximate surface area is 128 Å². The van der Waals surface area contributed by atoms with Crippen LogP contribution in [0.1, 0.15) is 23.9 Å². The molecule has 0 fully saturated rings. The molecule has 0 spiro atoms. The molecule has 2 aromatic rings. The van der Waals surface area contributed by atoms with Gasteiger partial charge in [0.2, 0.25) is 0 Å². The van der Waals surface area contributed by atoms with Gasteiger partial charge in [-0.1, -0.05) is 12.1 Å². The van der Waals surface area contributed by atoms with Gasteiger partial charge < -0.3 is 10.1 Å². The van der Waals surface area contributed by atoms with Crippen LogP contribution < -0.4 is 5.32 Å². The number of ether oxygens (including phenoxy) is 1. The number of benzene rings is 1. The number of hydrogen-bond donors (Lipinski definition) is 1. The summed E-state index contributed by atoms with van der Waals surface area (Å²) >= 11 is 3.61. The Bertz CT molecular complexity index is 580. The molecule has 0 amide bonds. The standard InChI is InChI=1S/C15H20BrN3O/c1-4-19-14(15(16)11(2)18-19)9-17-13-7-5-6-12(8-13)10-20-3/h5-8,17H,4,9-10H2,1-3H3. The number of hydrogen-bond acceptors (Lipinski definition) is 3. The highest BCUT2D eigenvalue weighted by Crippen LogP contribution is 2.22. The van der Waals surface area contributed by atoms with Gasteiger partial charge in [-0.25, -0.2) is 0 Å². The van der Waals surface area contributed by atoms with E-state index in [-0.39, 0.29) is 0 Å². The van der Waals surface area contributed by atoms with Gasteiger partial charge in [-0.05, 0) is 47.5 Å². The first-order valence-corrected chi connectivity index (χ1v) is 7.48. The van der Waals surface area contributed by atoms with Crippen molar-refractivity contribution in [3.63, 3.8) is 0 Å². The van der Waals surface area contributed by atoms with E-state index in [1.165, 1.54) is 5.69 Å². The second-order valence-electron chi connectivity index (χ2n) is 4.65. The van der Waals surface area contributed by atoms with Crippen molar-refractivity contribution in [3.8, 4) is 0 Å². The van der Waals surface area contributed by atoms with Crippen LogP contribution in [-0.4, -0.2) is 16.9 Å². The van der Waals surface area contributed by atoms with E-state index < -0.39 is 0 Å². The molecule has 0 bridgehead atoms. The lowest BCUT2D eigenvalue weighted by atomic mass is 10.2. The van der Waals surface area contributed by atoms with Gasteiger partial charge in [-0.3, -0.25) is 4.68 Å². The number of nitrogens with zero attached hydrogens (tertiary/aromatic N) is 2. The number of nitrogens with one attached hydrogen (secondary N) is 1. The van der Waals surface area contributed by atoms with Crippen molar-refractivity contribution < 1.29 is 4.74 Å². The van der Waals surface area contributed by atoms with E-state index in [0.29, 0.717) is 6.61 Å². The van der Waals surface area contributed by atoms with Gasteiger partial charge in [0.25, 0.3) is 0 Å². The van der Waals surface area contributed by atoms with Gasteiger partial charge >= 0.3 is 0 Å². The van der Waals surface area contributed by atoms with E-state index in [9.17, 15) is 0 Å². The molecule has 0 saturated heterocycles. The minimum Gasteiger partial charge on any atom is -0.380 e. The summed E-state index contributed by atoms with van der Waals surface area (Å²) in [5, 5.41) is 7.94. The number of rotatable bonds is 6. The molecule has 0 aliphatic rings. The molecule has 5 heteroatoms. The Kier molecular flexibility index (Phi) is 5.20. The fourth-order valence-corrected chi connectivity index (χ4v) is 2.59. The normalized spacial score (nSPS) is 10.8. The molecule has 1 heterocycles. The van der Waals surface area contributed by atoms with Crippen molar-refractivity contribution in [1.82, 2.24) is 9.78 Å². The summed E-state index contributed by atoms with van der Waals surface area (Å²) in [6, 6.07) is 8.27. The number of aromatic nitrogens is 2. The van der Waals surface area contributed by atoms with Crippen LogP contribution in [0.2, 0.25) is 0 Å². The van der Waals surface area contributed by atoms with E-state index in [1.807, 2.05) is 17.7 Å². The van der Waals surface area contributed by atoms with E-state index in [2.05, 4.69) is 51.5 Å². The Hall–Kier alpha value is -1.33. The Morgan fingerprint density at radius 3 is 2.90 bits per heavy atom. The maximum absolute atomic E-state index is 5.16. The predicted octanol–water partition coefficient (Wildman–Crippen LogP) is 3.73. The second kappa shape index (κ2) is 6.90. The molecule has 0 aliphatic heterocycles. The average Bonchev–Trinajstić information content (AvgIpc) is 2.73. The zero-order valence-corrected chi connectivity index (χ0v) is 13.7. The molecule has 1 N–H and O–H groups in total. The number of anilines is 1. The highest BCUT2D eigenvalue weighted by atomic mass is 79.9. The van der Waals surface area contributed by atoms with Crippen LogP contribution in [0.4, 0.5) is 5.69 Å². The van der Waals surface area contributed by atoms with E-state index in [0.717, 1.165) is 34.5 Å². The molecule has 20 heavy (non-hydrogen) atoms. The average molecular weight is 338 g/mol. The molecule has 0 atom stereocenters. The molecule has 0 radical (unpaired) electrons. The molecule has 0 saturated carbocycles. The maximum Gasteiger partial charge on any atom is 0.0739 e. The van der Waals surface area contributed by atoms with Crippen LogP contribution in [0, 0.1) is 6.92 Å². The third-order valence-electron chi connectivity index (χ3n) is 3.15. The van der Waals surface area contributed by atoms with E-state index in [4.69, 9.17) is 4.74 Å². The molecule has 108 valence electrons. The highest BCUT2D eigenvalue weighted by Gasteiger charge is 2.11. The summed E-state index contributed by atoms with van der Waals surface area (Å²) in [7, 11) is 1.71. The topological polar surface area (TPSA) is 39.1 Å². The van der Waals surface area contributed by atoms with Gasteiger partial charge in [0, 0.05) is 19.3 Å². The van der Waals surface area contributed by atoms with Crippen LogP contribution >= 0.6 is 15.9 Å².